The van der Waals surface area contributed by atoms with Gasteiger partial charge in [0.2, 0.25) is 11.8 Å². The van der Waals surface area contributed by atoms with Crippen LogP contribution in [0, 0.1) is 0 Å². The van der Waals surface area contributed by atoms with E-state index in [4.69, 9.17) is 5.73 Å². The van der Waals surface area contributed by atoms with Crippen molar-refractivity contribution in [3.63, 3.8) is 0 Å². The number of rotatable bonds is 5. The van der Waals surface area contributed by atoms with Crippen LogP contribution in [0.3, 0.4) is 0 Å². The van der Waals surface area contributed by atoms with E-state index < -0.39 is 5.54 Å². The molecule has 0 heterocycles. The van der Waals surface area contributed by atoms with Crippen LogP contribution in [-0.2, 0) is 15.1 Å². The highest BCUT2D eigenvalue weighted by molar-refractivity contribution is 5.90. The molecular formula is C14H20ClN3O2. The predicted octanol–water partition coefficient (Wildman–Crippen LogP) is 0.677. The molecule has 1 aromatic carbocycles. The Hall–Kier alpha value is -1.59. The lowest BCUT2D eigenvalue weighted by Crippen LogP contribution is -2.51. The second-order valence-electron chi connectivity index (χ2n) is 5.09. The number of amides is 2. The molecule has 0 saturated heterocycles. The number of halogens is 1. The molecule has 110 valence electrons. The monoisotopic (exact) mass is 297 g/mol. The SMILES string of the molecule is CC(N)(C(=O)NCC(=O)NC1CC1)c1ccccc1.Cl. The molecule has 2 rings (SSSR count). The maximum atomic E-state index is 12.1. The molecule has 0 aliphatic heterocycles. The summed E-state index contributed by atoms with van der Waals surface area (Å²) in [5.74, 6) is -0.524. The van der Waals surface area contributed by atoms with Crippen LogP contribution >= 0.6 is 12.4 Å². The number of benzene rings is 1. The molecule has 5 nitrogen and oxygen atoms in total. The Kier molecular flexibility index (Phi) is 5.53. The first-order valence-corrected chi connectivity index (χ1v) is 6.42. The van der Waals surface area contributed by atoms with Crippen LogP contribution in [0.25, 0.3) is 0 Å². The average Bonchev–Trinajstić information content (AvgIpc) is 3.20. The van der Waals surface area contributed by atoms with Gasteiger partial charge in [0, 0.05) is 6.04 Å². The standard InChI is InChI=1S/C14H19N3O2.ClH/c1-14(15,10-5-3-2-4-6-10)13(19)16-9-12(18)17-11-7-8-11;/h2-6,11H,7-9,15H2,1H3,(H,16,19)(H,17,18);1H. The molecule has 6 heteroatoms. The van der Waals surface area contributed by atoms with Gasteiger partial charge in [-0.1, -0.05) is 30.3 Å². The van der Waals surface area contributed by atoms with Gasteiger partial charge in [-0.15, -0.1) is 12.4 Å². The van der Waals surface area contributed by atoms with Gasteiger partial charge >= 0.3 is 0 Å². The second-order valence-corrected chi connectivity index (χ2v) is 5.09. The van der Waals surface area contributed by atoms with Crippen molar-refractivity contribution in [2.45, 2.75) is 31.3 Å². The fourth-order valence-corrected chi connectivity index (χ4v) is 1.77. The molecule has 1 fully saturated rings. The Labute approximate surface area is 124 Å². The molecule has 4 N–H and O–H groups in total. The van der Waals surface area contributed by atoms with E-state index in [0.29, 0.717) is 6.04 Å². The summed E-state index contributed by atoms with van der Waals surface area (Å²) >= 11 is 0. The molecule has 0 aromatic heterocycles. The summed E-state index contributed by atoms with van der Waals surface area (Å²) in [5, 5.41) is 5.38. The van der Waals surface area contributed by atoms with Gasteiger partial charge < -0.3 is 16.4 Å². The summed E-state index contributed by atoms with van der Waals surface area (Å²) in [5.41, 5.74) is 5.62. The number of nitrogens with one attached hydrogen (secondary N) is 2. The van der Waals surface area contributed by atoms with E-state index in [9.17, 15) is 9.59 Å². The maximum Gasteiger partial charge on any atom is 0.244 e. The van der Waals surface area contributed by atoms with Crippen molar-refractivity contribution in [3.05, 3.63) is 35.9 Å². The highest BCUT2D eigenvalue weighted by Crippen LogP contribution is 2.18. The third-order valence-corrected chi connectivity index (χ3v) is 3.20. The van der Waals surface area contributed by atoms with Crippen LogP contribution in [0.4, 0.5) is 0 Å². The zero-order chi connectivity index (χ0) is 13.9. The van der Waals surface area contributed by atoms with Gasteiger partial charge in [-0.2, -0.15) is 0 Å². The van der Waals surface area contributed by atoms with Crippen molar-refractivity contribution in [2.24, 2.45) is 5.73 Å². The van der Waals surface area contributed by atoms with Crippen LogP contribution in [0.5, 0.6) is 0 Å². The van der Waals surface area contributed by atoms with Crippen LogP contribution < -0.4 is 16.4 Å². The van der Waals surface area contributed by atoms with Crippen molar-refractivity contribution in [2.75, 3.05) is 6.54 Å². The Bertz CT molecular complexity index is 473. The molecule has 0 spiro atoms. The minimum Gasteiger partial charge on any atom is -0.352 e. The van der Waals surface area contributed by atoms with Crippen LogP contribution in [-0.4, -0.2) is 24.4 Å². The average molecular weight is 298 g/mol. The number of nitrogens with two attached hydrogens (primary N) is 1. The van der Waals surface area contributed by atoms with Gasteiger partial charge in [0.1, 0.15) is 5.54 Å². The Morgan fingerprint density at radius 3 is 2.45 bits per heavy atom. The highest BCUT2D eigenvalue weighted by Gasteiger charge is 2.31. The summed E-state index contributed by atoms with van der Waals surface area (Å²) in [6.07, 6.45) is 2.05. The molecule has 0 bridgehead atoms. The highest BCUT2D eigenvalue weighted by atomic mass is 35.5. The quantitative estimate of drug-likeness (QED) is 0.747. The number of hydrogen-bond donors (Lipinski definition) is 3. The van der Waals surface area contributed by atoms with Gasteiger partial charge in [0.05, 0.1) is 6.54 Å². The lowest BCUT2D eigenvalue weighted by atomic mass is 9.92. The fraction of sp³-hybridized carbons (Fsp3) is 0.429. The first kappa shape index (κ1) is 16.5. The second kappa shape index (κ2) is 6.72. The molecule has 1 aromatic rings. The Morgan fingerprint density at radius 2 is 1.90 bits per heavy atom. The van der Waals surface area contributed by atoms with E-state index in [2.05, 4.69) is 10.6 Å². The zero-order valence-corrected chi connectivity index (χ0v) is 12.2. The molecule has 1 saturated carbocycles. The van der Waals surface area contributed by atoms with Crippen molar-refractivity contribution >= 4 is 24.2 Å². The van der Waals surface area contributed by atoms with Gasteiger partial charge in [0.15, 0.2) is 0 Å². The van der Waals surface area contributed by atoms with Gasteiger partial charge in [-0.3, -0.25) is 9.59 Å². The smallest absolute Gasteiger partial charge is 0.244 e. The minimum absolute atomic E-state index is 0. The number of carbonyl (C=O) groups excluding carboxylic acids is 2. The lowest BCUT2D eigenvalue weighted by molar-refractivity contribution is -0.129. The van der Waals surface area contributed by atoms with E-state index in [1.807, 2.05) is 18.2 Å². The van der Waals surface area contributed by atoms with Crippen LogP contribution in [0.15, 0.2) is 30.3 Å². The summed E-state index contributed by atoms with van der Waals surface area (Å²) in [4.78, 5) is 23.5. The summed E-state index contributed by atoms with van der Waals surface area (Å²) in [6.45, 7) is 1.60. The van der Waals surface area contributed by atoms with Crippen molar-refractivity contribution < 1.29 is 9.59 Å². The largest absolute Gasteiger partial charge is 0.352 e. The molecular weight excluding hydrogens is 278 g/mol. The first-order valence-electron chi connectivity index (χ1n) is 6.42. The van der Waals surface area contributed by atoms with E-state index in [1.165, 1.54) is 0 Å². The van der Waals surface area contributed by atoms with Crippen LogP contribution in [0.2, 0.25) is 0 Å². The van der Waals surface area contributed by atoms with Gasteiger partial charge in [0.25, 0.3) is 0 Å². The van der Waals surface area contributed by atoms with Crippen molar-refractivity contribution in [3.8, 4) is 0 Å². The predicted molar refractivity (Wildman–Crippen MR) is 79.4 cm³/mol. The van der Waals surface area contributed by atoms with Gasteiger partial charge in [-0.05, 0) is 25.3 Å². The van der Waals surface area contributed by atoms with E-state index in [0.717, 1.165) is 18.4 Å². The molecule has 1 unspecified atom stereocenters. The lowest BCUT2D eigenvalue weighted by Gasteiger charge is -2.23. The van der Waals surface area contributed by atoms with E-state index >= 15 is 0 Å². The van der Waals surface area contributed by atoms with E-state index in [-0.39, 0.29) is 30.8 Å². The zero-order valence-electron chi connectivity index (χ0n) is 11.4. The summed E-state index contributed by atoms with van der Waals surface area (Å²) in [6, 6.07) is 9.40. The topological polar surface area (TPSA) is 84.2 Å². The summed E-state index contributed by atoms with van der Waals surface area (Å²) in [7, 11) is 0. The molecule has 20 heavy (non-hydrogen) atoms. The normalized spacial score (nSPS) is 16.5. The molecule has 1 aliphatic carbocycles. The first-order chi connectivity index (χ1) is 9.00. The molecule has 1 atom stereocenters. The van der Waals surface area contributed by atoms with E-state index in [1.54, 1.807) is 19.1 Å². The molecule has 1 aliphatic rings. The molecule has 0 radical (unpaired) electrons. The fourth-order valence-electron chi connectivity index (χ4n) is 1.77. The van der Waals surface area contributed by atoms with Crippen molar-refractivity contribution in [1.29, 1.82) is 0 Å². The number of hydrogen-bond acceptors (Lipinski definition) is 3. The third kappa shape index (κ3) is 4.21. The third-order valence-electron chi connectivity index (χ3n) is 3.20. The summed E-state index contributed by atoms with van der Waals surface area (Å²) < 4.78 is 0. The maximum absolute atomic E-state index is 12.1. The van der Waals surface area contributed by atoms with Crippen LogP contribution in [0.1, 0.15) is 25.3 Å². The molecule has 2 amide bonds. The van der Waals surface area contributed by atoms with Crippen molar-refractivity contribution in [1.82, 2.24) is 10.6 Å². The van der Waals surface area contributed by atoms with Gasteiger partial charge in [-0.25, -0.2) is 0 Å². The minimum atomic E-state index is -1.14. The Balaban J connectivity index is 0.00000200. The number of carbonyl (C=O) groups is 2. The Morgan fingerprint density at radius 1 is 1.30 bits per heavy atom.